The van der Waals surface area contributed by atoms with Gasteiger partial charge < -0.3 is 14.1 Å². The van der Waals surface area contributed by atoms with Gasteiger partial charge in [0.2, 0.25) is 0 Å². The molecule has 1 aliphatic heterocycles. The van der Waals surface area contributed by atoms with Crippen molar-refractivity contribution >= 4 is 16.8 Å². The van der Waals surface area contributed by atoms with Crippen LogP contribution in [-0.4, -0.2) is 49.2 Å². The Morgan fingerprint density at radius 2 is 1.85 bits per heavy atom. The predicted molar refractivity (Wildman–Crippen MR) is 105 cm³/mol. The van der Waals surface area contributed by atoms with E-state index in [1.165, 1.54) is 6.07 Å². The average Bonchev–Trinajstić information content (AvgIpc) is 2.72. The van der Waals surface area contributed by atoms with Crippen LogP contribution in [0.3, 0.4) is 0 Å². The maximum Gasteiger partial charge on any atom is 0.339 e. The van der Waals surface area contributed by atoms with Crippen molar-refractivity contribution in [2.24, 2.45) is 0 Å². The molecule has 3 heterocycles. The number of nitrogens with zero attached hydrogens (tertiary/aromatic N) is 3. The van der Waals surface area contributed by atoms with E-state index >= 15 is 0 Å². The molecule has 0 bridgehead atoms. The maximum absolute atomic E-state index is 11.7. The van der Waals surface area contributed by atoms with Crippen molar-refractivity contribution in [3.05, 3.63) is 65.1 Å². The Morgan fingerprint density at radius 3 is 2.67 bits per heavy atom. The minimum atomic E-state index is -0.380. The van der Waals surface area contributed by atoms with Gasteiger partial charge in [0.05, 0.1) is 18.1 Å². The summed E-state index contributed by atoms with van der Waals surface area (Å²) in [6.07, 6.45) is 2.76. The smallest absolute Gasteiger partial charge is 0.339 e. The number of rotatable bonds is 6. The van der Waals surface area contributed by atoms with Crippen LogP contribution in [0.4, 0.5) is 5.82 Å². The summed E-state index contributed by atoms with van der Waals surface area (Å²) in [6.45, 7) is 5.58. The predicted octanol–water partition coefficient (Wildman–Crippen LogP) is 2.78. The van der Waals surface area contributed by atoms with Crippen molar-refractivity contribution in [1.82, 2.24) is 9.88 Å². The molecule has 27 heavy (non-hydrogen) atoms. The molecule has 1 fully saturated rings. The number of hydrogen-bond acceptors (Lipinski definition) is 6. The van der Waals surface area contributed by atoms with Crippen molar-refractivity contribution in [2.75, 3.05) is 44.2 Å². The minimum absolute atomic E-state index is 0.380. The fourth-order valence-corrected chi connectivity index (χ4v) is 3.41. The number of benzene rings is 1. The van der Waals surface area contributed by atoms with Crippen molar-refractivity contribution in [3.63, 3.8) is 0 Å². The second kappa shape index (κ2) is 8.22. The summed E-state index contributed by atoms with van der Waals surface area (Å²) in [5.41, 5.74) is 0.181. The lowest BCUT2D eigenvalue weighted by molar-refractivity contribution is 0.225. The van der Waals surface area contributed by atoms with E-state index in [9.17, 15) is 4.79 Å². The maximum atomic E-state index is 11.7. The van der Waals surface area contributed by atoms with Crippen molar-refractivity contribution in [1.29, 1.82) is 0 Å². The Labute approximate surface area is 158 Å². The monoisotopic (exact) mass is 365 g/mol. The lowest BCUT2D eigenvalue weighted by Crippen LogP contribution is -2.47. The van der Waals surface area contributed by atoms with E-state index < -0.39 is 0 Å². The van der Waals surface area contributed by atoms with E-state index in [1.807, 2.05) is 36.5 Å². The van der Waals surface area contributed by atoms with Gasteiger partial charge in [0.1, 0.15) is 17.2 Å². The Morgan fingerprint density at radius 1 is 1.04 bits per heavy atom. The van der Waals surface area contributed by atoms with Crippen molar-refractivity contribution < 1.29 is 9.15 Å². The molecular weight excluding hydrogens is 342 g/mol. The van der Waals surface area contributed by atoms with Crippen LogP contribution in [0.5, 0.6) is 5.75 Å². The number of anilines is 1. The highest BCUT2D eigenvalue weighted by Gasteiger charge is 2.17. The largest absolute Gasteiger partial charge is 0.492 e. The molecular formula is C21H23N3O3. The van der Waals surface area contributed by atoms with E-state index in [0.717, 1.165) is 50.3 Å². The zero-order chi connectivity index (χ0) is 18.5. The van der Waals surface area contributed by atoms with Gasteiger partial charge in [-0.05, 0) is 30.7 Å². The molecule has 6 heteroatoms. The molecule has 3 aromatic rings. The highest BCUT2D eigenvalue weighted by Crippen LogP contribution is 2.23. The zero-order valence-corrected chi connectivity index (χ0v) is 15.2. The Kier molecular flexibility index (Phi) is 5.34. The third-order valence-electron chi connectivity index (χ3n) is 4.83. The molecule has 1 aliphatic rings. The summed E-state index contributed by atoms with van der Waals surface area (Å²) in [7, 11) is 0. The number of pyridine rings is 1. The van der Waals surface area contributed by atoms with Gasteiger partial charge in [0.15, 0.2) is 0 Å². The zero-order valence-electron chi connectivity index (χ0n) is 15.2. The van der Waals surface area contributed by atoms with Crippen LogP contribution in [0.25, 0.3) is 11.0 Å². The van der Waals surface area contributed by atoms with Gasteiger partial charge >= 0.3 is 5.63 Å². The second-order valence-corrected chi connectivity index (χ2v) is 6.64. The molecule has 1 aromatic carbocycles. The molecule has 0 unspecified atom stereocenters. The second-order valence-electron chi connectivity index (χ2n) is 6.64. The van der Waals surface area contributed by atoms with Gasteiger partial charge in [-0.3, -0.25) is 4.90 Å². The summed E-state index contributed by atoms with van der Waals surface area (Å²) < 4.78 is 11.1. The van der Waals surface area contributed by atoms with Crippen LogP contribution in [-0.2, 0) is 0 Å². The molecule has 140 valence electrons. The van der Waals surface area contributed by atoms with Gasteiger partial charge in [0.25, 0.3) is 0 Å². The van der Waals surface area contributed by atoms with Crippen molar-refractivity contribution in [2.45, 2.75) is 6.42 Å². The summed E-state index contributed by atoms with van der Waals surface area (Å²) in [5, 5.41) is 0.834. The molecule has 0 spiro atoms. The summed E-state index contributed by atoms with van der Waals surface area (Å²) in [5.74, 6) is 1.65. The first-order valence-corrected chi connectivity index (χ1v) is 9.34. The minimum Gasteiger partial charge on any atom is -0.492 e. The molecule has 6 nitrogen and oxygen atoms in total. The number of aromatic nitrogens is 1. The van der Waals surface area contributed by atoms with Crippen LogP contribution in [0, 0.1) is 0 Å². The SMILES string of the molecule is O=c1cc(OCCCN2CCN(c3ccccn3)CC2)c2ccccc2o1. The lowest BCUT2D eigenvalue weighted by atomic mass is 10.2. The molecule has 0 amide bonds. The number of ether oxygens (including phenoxy) is 1. The molecule has 2 aromatic heterocycles. The van der Waals surface area contributed by atoms with Gasteiger partial charge in [-0.2, -0.15) is 0 Å². The average molecular weight is 365 g/mol. The van der Waals surface area contributed by atoms with E-state index in [4.69, 9.17) is 9.15 Å². The highest BCUT2D eigenvalue weighted by molar-refractivity contribution is 5.82. The van der Waals surface area contributed by atoms with E-state index in [0.29, 0.717) is 17.9 Å². The van der Waals surface area contributed by atoms with Gasteiger partial charge in [0, 0.05) is 38.9 Å². The normalized spacial score (nSPS) is 15.2. The van der Waals surface area contributed by atoms with Crippen LogP contribution >= 0.6 is 0 Å². The Bertz CT molecular complexity index is 934. The third kappa shape index (κ3) is 4.28. The number of piperazine rings is 1. The molecule has 0 radical (unpaired) electrons. The van der Waals surface area contributed by atoms with Crippen LogP contribution in [0.1, 0.15) is 6.42 Å². The summed E-state index contributed by atoms with van der Waals surface area (Å²) >= 11 is 0. The van der Waals surface area contributed by atoms with E-state index in [1.54, 1.807) is 6.07 Å². The van der Waals surface area contributed by atoms with Crippen LogP contribution in [0.15, 0.2) is 63.9 Å². The molecule has 0 N–H and O–H groups in total. The molecule has 0 aliphatic carbocycles. The summed E-state index contributed by atoms with van der Waals surface area (Å²) in [4.78, 5) is 20.9. The van der Waals surface area contributed by atoms with E-state index in [2.05, 4.69) is 20.9 Å². The quantitative estimate of drug-likeness (QED) is 0.495. The van der Waals surface area contributed by atoms with E-state index in [-0.39, 0.29) is 5.63 Å². The molecule has 4 rings (SSSR count). The van der Waals surface area contributed by atoms with Crippen LogP contribution < -0.4 is 15.3 Å². The Hall–Kier alpha value is -2.86. The fraction of sp³-hybridized carbons (Fsp3) is 0.333. The molecule has 1 saturated heterocycles. The first-order chi connectivity index (χ1) is 13.3. The first-order valence-electron chi connectivity index (χ1n) is 9.34. The Balaban J connectivity index is 1.25. The van der Waals surface area contributed by atoms with Gasteiger partial charge in [-0.1, -0.05) is 18.2 Å². The molecule has 0 saturated carbocycles. The fourth-order valence-electron chi connectivity index (χ4n) is 3.41. The lowest BCUT2D eigenvalue weighted by Gasteiger charge is -2.35. The number of fused-ring (bicyclic) bond motifs is 1. The topological polar surface area (TPSA) is 58.8 Å². The first kappa shape index (κ1) is 17.5. The molecule has 0 atom stereocenters. The standard InChI is InChI=1S/C21H23N3O3/c25-21-16-19(17-6-1-2-7-18(17)27-21)26-15-5-10-23-11-13-24(14-12-23)20-8-3-4-9-22-20/h1-4,6-9,16H,5,10-15H2. The van der Waals surface area contributed by atoms with Crippen molar-refractivity contribution in [3.8, 4) is 5.75 Å². The number of para-hydroxylation sites is 1. The van der Waals surface area contributed by atoms with Gasteiger partial charge in [-0.15, -0.1) is 0 Å². The third-order valence-corrected chi connectivity index (χ3v) is 4.83. The highest BCUT2D eigenvalue weighted by atomic mass is 16.5. The van der Waals surface area contributed by atoms with Gasteiger partial charge in [-0.25, -0.2) is 9.78 Å². The number of hydrogen-bond donors (Lipinski definition) is 0. The van der Waals surface area contributed by atoms with Crippen LogP contribution in [0.2, 0.25) is 0 Å². The summed E-state index contributed by atoms with van der Waals surface area (Å²) in [6, 6.07) is 14.9.